The fourth-order valence-electron chi connectivity index (χ4n) is 4.70. The van der Waals surface area contributed by atoms with Crippen molar-refractivity contribution in [2.45, 2.75) is 26.2 Å². The highest BCUT2D eigenvalue weighted by atomic mass is 19.4. The number of carbonyl (C=O) groups excluding carboxylic acids is 1. The Labute approximate surface area is 204 Å². The van der Waals surface area contributed by atoms with Gasteiger partial charge in [0.25, 0.3) is 0 Å². The Hall–Kier alpha value is -3.09. The van der Waals surface area contributed by atoms with E-state index in [1.165, 1.54) is 0 Å². The van der Waals surface area contributed by atoms with Crippen LogP contribution in [0.2, 0.25) is 0 Å². The van der Waals surface area contributed by atoms with Gasteiger partial charge >= 0.3 is 6.18 Å². The van der Waals surface area contributed by atoms with E-state index >= 15 is 0 Å². The van der Waals surface area contributed by atoms with Crippen LogP contribution < -0.4 is 4.90 Å². The molecule has 35 heavy (non-hydrogen) atoms. The van der Waals surface area contributed by atoms with Gasteiger partial charge in [-0.2, -0.15) is 18.4 Å². The van der Waals surface area contributed by atoms with Crippen molar-refractivity contribution in [3.05, 3.63) is 64.7 Å². The van der Waals surface area contributed by atoms with E-state index in [0.29, 0.717) is 31.7 Å². The molecule has 2 saturated heterocycles. The summed E-state index contributed by atoms with van der Waals surface area (Å²) in [6.07, 6.45) is -4.31. The molecule has 2 aromatic carbocycles. The Morgan fingerprint density at radius 2 is 1.49 bits per heavy atom. The molecule has 0 atom stereocenters. The zero-order valence-corrected chi connectivity index (χ0v) is 19.9. The number of alkyl halides is 3. The number of rotatable bonds is 5. The van der Waals surface area contributed by atoms with Gasteiger partial charge in [-0.05, 0) is 41.5 Å². The second kappa shape index (κ2) is 10.7. The Kier molecular flexibility index (Phi) is 7.63. The molecule has 0 radical (unpaired) electrons. The monoisotopic (exact) mass is 485 g/mol. The molecule has 0 bridgehead atoms. The highest BCUT2D eigenvalue weighted by molar-refractivity contribution is 5.73. The first-order chi connectivity index (χ1) is 16.7. The highest BCUT2D eigenvalue weighted by Gasteiger charge is 2.30. The molecule has 4 rings (SSSR count). The number of amides is 1. The van der Waals surface area contributed by atoms with E-state index in [4.69, 9.17) is 0 Å². The maximum Gasteiger partial charge on any atom is 0.416 e. The van der Waals surface area contributed by atoms with Crippen LogP contribution in [0.1, 0.15) is 29.2 Å². The summed E-state index contributed by atoms with van der Waals surface area (Å²) in [6.45, 7) is 9.12. The summed E-state index contributed by atoms with van der Waals surface area (Å²) in [5.74, 6) is 0.0997. The number of benzene rings is 2. The molecule has 0 aliphatic carbocycles. The Balaban J connectivity index is 1.32. The van der Waals surface area contributed by atoms with Gasteiger partial charge in [-0.3, -0.25) is 14.6 Å². The molecule has 2 heterocycles. The van der Waals surface area contributed by atoms with Crippen LogP contribution in [0.15, 0.2) is 42.5 Å². The van der Waals surface area contributed by atoms with Gasteiger partial charge in [-0.25, -0.2) is 0 Å². The van der Waals surface area contributed by atoms with Crippen LogP contribution in [0.5, 0.6) is 0 Å². The Morgan fingerprint density at radius 3 is 2.03 bits per heavy atom. The number of carbonyl (C=O) groups is 1. The topological polar surface area (TPSA) is 53.8 Å². The number of halogens is 3. The largest absolute Gasteiger partial charge is 0.416 e. The number of hydrogen-bond donors (Lipinski definition) is 0. The SMILES string of the molecule is CC(=O)N1CCN(c2ccc(C#N)c(CN3CCN(Cc4ccc(C(F)(F)F)cc4)CC3)c2)CC1. The summed E-state index contributed by atoms with van der Waals surface area (Å²) >= 11 is 0. The third-order valence-electron chi connectivity index (χ3n) is 6.85. The number of nitriles is 1. The van der Waals surface area contributed by atoms with E-state index in [-0.39, 0.29) is 5.91 Å². The van der Waals surface area contributed by atoms with Crippen LogP contribution in [-0.2, 0) is 24.1 Å². The highest BCUT2D eigenvalue weighted by Crippen LogP contribution is 2.29. The zero-order chi connectivity index (χ0) is 25.0. The maximum absolute atomic E-state index is 12.8. The lowest BCUT2D eigenvalue weighted by Gasteiger charge is -2.36. The second-order valence-corrected chi connectivity index (χ2v) is 9.19. The third kappa shape index (κ3) is 6.32. The van der Waals surface area contributed by atoms with Crippen molar-refractivity contribution in [2.24, 2.45) is 0 Å². The molecule has 2 aromatic rings. The molecule has 2 fully saturated rings. The first-order valence-corrected chi connectivity index (χ1v) is 11.9. The number of piperazine rings is 2. The van der Waals surface area contributed by atoms with Gasteiger partial charge in [0, 0.05) is 78.1 Å². The Bertz CT molecular complexity index is 1060. The minimum absolute atomic E-state index is 0.0997. The summed E-state index contributed by atoms with van der Waals surface area (Å²) in [5.41, 5.74) is 2.99. The molecule has 0 saturated carbocycles. The lowest BCUT2D eigenvalue weighted by molar-refractivity contribution is -0.137. The fourth-order valence-corrected chi connectivity index (χ4v) is 4.70. The number of nitrogens with zero attached hydrogens (tertiary/aromatic N) is 5. The summed E-state index contributed by atoms with van der Waals surface area (Å²) in [6, 6.07) is 13.6. The minimum Gasteiger partial charge on any atom is -0.368 e. The van der Waals surface area contributed by atoms with Crippen LogP contribution in [0.25, 0.3) is 0 Å². The van der Waals surface area contributed by atoms with Crippen molar-refractivity contribution >= 4 is 11.6 Å². The van der Waals surface area contributed by atoms with E-state index in [0.717, 1.165) is 68.2 Å². The molecule has 2 aliphatic rings. The summed E-state index contributed by atoms with van der Waals surface area (Å²) < 4.78 is 38.3. The van der Waals surface area contributed by atoms with Gasteiger partial charge in [0.15, 0.2) is 0 Å². The van der Waals surface area contributed by atoms with E-state index < -0.39 is 11.7 Å². The summed E-state index contributed by atoms with van der Waals surface area (Å²) in [4.78, 5) is 20.3. The molecular weight excluding hydrogens is 455 g/mol. The lowest BCUT2D eigenvalue weighted by Crippen LogP contribution is -2.48. The van der Waals surface area contributed by atoms with Crippen LogP contribution in [0.4, 0.5) is 18.9 Å². The van der Waals surface area contributed by atoms with Crippen LogP contribution in [0.3, 0.4) is 0 Å². The van der Waals surface area contributed by atoms with E-state index in [1.807, 2.05) is 17.0 Å². The lowest BCUT2D eigenvalue weighted by atomic mass is 10.1. The van der Waals surface area contributed by atoms with Gasteiger partial charge < -0.3 is 9.80 Å². The van der Waals surface area contributed by atoms with E-state index in [2.05, 4.69) is 26.8 Å². The smallest absolute Gasteiger partial charge is 0.368 e. The van der Waals surface area contributed by atoms with Gasteiger partial charge in [-0.15, -0.1) is 0 Å². The quantitative estimate of drug-likeness (QED) is 0.648. The zero-order valence-electron chi connectivity index (χ0n) is 19.9. The van der Waals surface area contributed by atoms with Crippen molar-refractivity contribution in [3.8, 4) is 6.07 Å². The molecule has 0 unspecified atom stereocenters. The summed E-state index contributed by atoms with van der Waals surface area (Å²) in [5, 5.41) is 9.62. The molecule has 1 amide bonds. The molecule has 186 valence electrons. The van der Waals surface area contributed by atoms with Crippen LogP contribution >= 0.6 is 0 Å². The van der Waals surface area contributed by atoms with Gasteiger partial charge in [-0.1, -0.05) is 12.1 Å². The average Bonchev–Trinajstić information content (AvgIpc) is 2.85. The van der Waals surface area contributed by atoms with Gasteiger partial charge in [0.2, 0.25) is 5.91 Å². The van der Waals surface area contributed by atoms with Crippen molar-refractivity contribution in [3.63, 3.8) is 0 Å². The molecular formula is C26H30F3N5O. The number of anilines is 1. The standard InChI is InChI=1S/C26H30F3N5O/c1-20(35)33-12-14-34(15-13-33)25-7-4-22(17-30)23(16-25)19-32-10-8-31(9-11-32)18-21-2-5-24(6-3-21)26(27,28)29/h2-7,16H,8-15,18-19H2,1H3. The Morgan fingerprint density at radius 1 is 0.886 bits per heavy atom. The normalized spacial score (nSPS) is 17.9. The van der Waals surface area contributed by atoms with Crippen molar-refractivity contribution < 1.29 is 18.0 Å². The average molecular weight is 486 g/mol. The van der Waals surface area contributed by atoms with Crippen LogP contribution in [0, 0.1) is 11.3 Å². The summed E-state index contributed by atoms with van der Waals surface area (Å²) in [7, 11) is 0. The van der Waals surface area contributed by atoms with Gasteiger partial charge in [0.1, 0.15) is 0 Å². The fraction of sp³-hybridized carbons (Fsp3) is 0.462. The molecule has 9 heteroatoms. The van der Waals surface area contributed by atoms with Crippen molar-refractivity contribution in [1.82, 2.24) is 14.7 Å². The molecule has 0 N–H and O–H groups in total. The molecule has 0 aromatic heterocycles. The molecule has 6 nitrogen and oxygen atoms in total. The second-order valence-electron chi connectivity index (χ2n) is 9.19. The predicted octanol–water partition coefficient (Wildman–Crippen LogP) is 3.56. The number of hydrogen-bond acceptors (Lipinski definition) is 5. The maximum atomic E-state index is 12.8. The minimum atomic E-state index is -4.31. The first kappa shape index (κ1) is 25.0. The molecule has 0 spiro atoms. The van der Waals surface area contributed by atoms with Gasteiger partial charge in [0.05, 0.1) is 17.2 Å². The van der Waals surface area contributed by atoms with Crippen molar-refractivity contribution in [1.29, 1.82) is 5.26 Å². The first-order valence-electron chi connectivity index (χ1n) is 11.9. The van der Waals surface area contributed by atoms with Crippen molar-refractivity contribution in [2.75, 3.05) is 57.3 Å². The predicted molar refractivity (Wildman–Crippen MR) is 128 cm³/mol. The van der Waals surface area contributed by atoms with E-state index in [1.54, 1.807) is 19.1 Å². The van der Waals surface area contributed by atoms with Crippen LogP contribution in [-0.4, -0.2) is 73.0 Å². The van der Waals surface area contributed by atoms with E-state index in [9.17, 15) is 23.2 Å². The third-order valence-corrected chi connectivity index (χ3v) is 6.85. The molecule has 2 aliphatic heterocycles.